The number of rotatable bonds is 3. The number of phenolic OH excluding ortho intramolecular Hbond substituents is 1. The lowest BCUT2D eigenvalue weighted by atomic mass is 9.98. The van der Waals surface area contributed by atoms with Crippen LogP contribution in [0.25, 0.3) is 0 Å². The number of benzene rings is 2. The average molecular weight is 268 g/mol. The number of hydrogen-bond acceptors (Lipinski definition) is 4. The van der Waals surface area contributed by atoms with Crippen molar-refractivity contribution in [2.45, 2.75) is 12.5 Å². The fourth-order valence-electron chi connectivity index (χ4n) is 2.36. The Morgan fingerprint density at radius 3 is 2.60 bits per heavy atom. The fourth-order valence-corrected chi connectivity index (χ4v) is 2.36. The normalized spacial score (nSPS) is 17.4. The Labute approximate surface area is 117 Å². The summed E-state index contributed by atoms with van der Waals surface area (Å²) in [7, 11) is 1.65. The molecule has 0 aliphatic carbocycles. The zero-order valence-corrected chi connectivity index (χ0v) is 11.2. The van der Waals surface area contributed by atoms with Gasteiger partial charge in [0.2, 0.25) is 0 Å². The van der Waals surface area contributed by atoms with Crippen LogP contribution in [0.4, 0.5) is 0 Å². The Morgan fingerprint density at radius 1 is 1.15 bits per heavy atom. The number of ether oxygens (including phenoxy) is 1. The van der Waals surface area contributed by atoms with Gasteiger partial charge in [0.05, 0.1) is 18.9 Å². The van der Waals surface area contributed by atoms with Gasteiger partial charge in [-0.1, -0.05) is 24.3 Å². The van der Waals surface area contributed by atoms with Crippen LogP contribution in [0.1, 0.15) is 23.6 Å². The van der Waals surface area contributed by atoms with E-state index in [1.54, 1.807) is 13.2 Å². The molecule has 1 atom stereocenters. The third kappa shape index (κ3) is 2.32. The summed E-state index contributed by atoms with van der Waals surface area (Å²) in [6.45, 7) is 0. The van der Waals surface area contributed by atoms with Crippen molar-refractivity contribution in [2.75, 3.05) is 7.11 Å². The van der Waals surface area contributed by atoms with E-state index in [-0.39, 0.29) is 11.8 Å². The van der Waals surface area contributed by atoms with Crippen LogP contribution < -0.4 is 10.2 Å². The summed E-state index contributed by atoms with van der Waals surface area (Å²) in [4.78, 5) is 0. The molecule has 1 aliphatic rings. The molecule has 2 N–H and O–H groups in total. The maximum absolute atomic E-state index is 9.87. The third-order valence-electron chi connectivity index (χ3n) is 3.49. The van der Waals surface area contributed by atoms with Crippen molar-refractivity contribution in [3.05, 3.63) is 59.7 Å². The molecule has 2 aromatic rings. The molecule has 0 bridgehead atoms. The standard InChI is InChI=1S/C16H16N2O2/c1-20-12-8-6-11(7-9-12)14-10-15(18-17-14)13-4-2-3-5-16(13)19/h2-9,14,17,19H,10H2,1H3/t14-/m0/s1. The first-order valence-corrected chi connectivity index (χ1v) is 6.52. The predicted molar refractivity (Wildman–Crippen MR) is 78.1 cm³/mol. The van der Waals surface area contributed by atoms with Gasteiger partial charge in [0.25, 0.3) is 0 Å². The number of nitrogens with one attached hydrogen (secondary N) is 1. The van der Waals surface area contributed by atoms with Crippen molar-refractivity contribution >= 4 is 5.71 Å². The minimum absolute atomic E-state index is 0.135. The number of phenols is 1. The van der Waals surface area contributed by atoms with Crippen LogP contribution in [-0.2, 0) is 0 Å². The molecule has 4 heteroatoms. The monoisotopic (exact) mass is 268 g/mol. The number of para-hydroxylation sites is 1. The molecule has 0 radical (unpaired) electrons. The predicted octanol–water partition coefficient (Wildman–Crippen LogP) is 2.84. The molecule has 0 unspecified atom stereocenters. The van der Waals surface area contributed by atoms with Gasteiger partial charge in [-0.25, -0.2) is 0 Å². The van der Waals surface area contributed by atoms with E-state index >= 15 is 0 Å². The SMILES string of the molecule is COc1ccc([C@@H]2CC(c3ccccc3O)=NN2)cc1. The number of hydrogen-bond donors (Lipinski definition) is 2. The lowest BCUT2D eigenvalue weighted by Crippen LogP contribution is -2.09. The van der Waals surface area contributed by atoms with Gasteiger partial charge in [0.15, 0.2) is 0 Å². The maximum atomic E-state index is 9.87. The molecule has 20 heavy (non-hydrogen) atoms. The van der Waals surface area contributed by atoms with Gasteiger partial charge in [-0.15, -0.1) is 0 Å². The molecule has 102 valence electrons. The first kappa shape index (κ1) is 12.5. The van der Waals surface area contributed by atoms with E-state index in [1.165, 1.54) is 0 Å². The Balaban J connectivity index is 1.77. The van der Waals surface area contributed by atoms with Crippen molar-refractivity contribution in [1.82, 2.24) is 5.43 Å². The summed E-state index contributed by atoms with van der Waals surface area (Å²) < 4.78 is 5.16. The fraction of sp³-hybridized carbons (Fsp3) is 0.188. The Kier molecular flexibility index (Phi) is 3.29. The summed E-state index contributed by atoms with van der Waals surface area (Å²) in [5, 5.41) is 14.2. The van der Waals surface area contributed by atoms with Gasteiger partial charge >= 0.3 is 0 Å². The smallest absolute Gasteiger partial charge is 0.124 e. The lowest BCUT2D eigenvalue weighted by Gasteiger charge is -2.11. The van der Waals surface area contributed by atoms with E-state index in [2.05, 4.69) is 10.5 Å². The van der Waals surface area contributed by atoms with Gasteiger partial charge in [-0.3, -0.25) is 0 Å². The summed E-state index contributed by atoms with van der Waals surface area (Å²) >= 11 is 0. The molecule has 0 saturated carbocycles. The minimum Gasteiger partial charge on any atom is -0.507 e. The highest BCUT2D eigenvalue weighted by molar-refractivity contribution is 6.03. The topological polar surface area (TPSA) is 53.9 Å². The second-order valence-corrected chi connectivity index (χ2v) is 4.73. The molecule has 4 nitrogen and oxygen atoms in total. The first-order chi connectivity index (χ1) is 9.78. The van der Waals surface area contributed by atoms with Gasteiger partial charge in [0, 0.05) is 12.0 Å². The van der Waals surface area contributed by atoms with Gasteiger partial charge in [-0.2, -0.15) is 5.10 Å². The van der Waals surface area contributed by atoms with Crippen LogP contribution in [-0.4, -0.2) is 17.9 Å². The molecule has 0 amide bonds. The van der Waals surface area contributed by atoms with E-state index < -0.39 is 0 Å². The molecule has 1 aliphatic heterocycles. The largest absolute Gasteiger partial charge is 0.507 e. The van der Waals surface area contributed by atoms with Crippen LogP contribution >= 0.6 is 0 Å². The first-order valence-electron chi connectivity index (χ1n) is 6.52. The van der Waals surface area contributed by atoms with Crippen molar-refractivity contribution in [3.63, 3.8) is 0 Å². The second kappa shape index (κ2) is 5.25. The molecule has 0 spiro atoms. The average Bonchev–Trinajstić information content (AvgIpc) is 2.97. The van der Waals surface area contributed by atoms with Crippen LogP contribution in [0.3, 0.4) is 0 Å². The second-order valence-electron chi connectivity index (χ2n) is 4.73. The molecule has 2 aromatic carbocycles. The summed E-state index contributed by atoms with van der Waals surface area (Å²) in [6, 6.07) is 15.3. The van der Waals surface area contributed by atoms with Gasteiger partial charge in [-0.05, 0) is 29.8 Å². The highest BCUT2D eigenvalue weighted by Gasteiger charge is 2.22. The highest BCUT2D eigenvalue weighted by atomic mass is 16.5. The zero-order chi connectivity index (χ0) is 13.9. The lowest BCUT2D eigenvalue weighted by molar-refractivity contribution is 0.414. The molecule has 1 heterocycles. The van der Waals surface area contributed by atoms with E-state index in [1.807, 2.05) is 42.5 Å². The van der Waals surface area contributed by atoms with E-state index in [0.29, 0.717) is 0 Å². The van der Waals surface area contributed by atoms with Crippen molar-refractivity contribution < 1.29 is 9.84 Å². The Morgan fingerprint density at radius 2 is 1.90 bits per heavy atom. The summed E-state index contributed by atoms with van der Waals surface area (Å²) in [5.74, 6) is 1.11. The van der Waals surface area contributed by atoms with Crippen molar-refractivity contribution in [1.29, 1.82) is 0 Å². The third-order valence-corrected chi connectivity index (χ3v) is 3.49. The van der Waals surface area contributed by atoms with E-state index in [4.69, 9.17) is 4.74 Å². The Bertz CT molecular complexity index is 635. The number of hydrazone groups is 1. The number of aromatic hydroxyl groups is 1. The van der Waals surface area contributed by atoms with Crippen molar-refractivity contribution in [3.8, 4) is 11.5 Å². The quantitative estimate of drug-likeness (QED) is 0.900. The van der Waals surface area contributed by atoms with Gasteiger partial charge in [0.1, 0.15) is 11.5 Å². The molecular formula is C16H16N2O2. The Hall–Kier alpha value is -2.49. The number of nitrogens with zero attached hydrogens (tertiary/aromatic N) is 1. The molecule has 0 saturated heterocycles. The molecule has 0 aromatic heterocycles. The summed E-state index contributed by atoms with van der Waals surface area (Å²) in [6.07, 6.45) is 0.754. The van der Waals surface area contributed by atoms with E-state index in [0.717, 1.165) is 29.0 Å². The van der Waals surface area contributed by atoms with Gasteiger partial charge < -0.3 is 15.3 Å². The zero-order valence-electron chi connectivity index (χ0n) is 11.2. The van der Waals surface area contributed by atoms with Crippen molar-refractivity contribution in [2.24, 2.45) is 5.10 Å². The minimum atomic E-state index is 0.135. The van der Waals surface area contributed by atoms with E-state index in [9.17, 15) is 5.11 Å². The molecule has 3 rings (SSSR count). The highest BCUT2D eigenvalue weighted by Crippen LogP contribution is 2.28. The maximum Gasteiger partial charge on any atom is 0.124 e. The molecule has 0 fully saturated rings. The van der Waals surface area contributed by atoms with Crippen LogP contribution in [0.15, 0.2) is 53.6 Å². The summed E-state index contributed by atoms with van der Waals surface area (Å²) in [5.41, 5.74) is 5.94. The molecular weight excluding hydrogens is 252 g/mol. The van der Waals surface area contributed by atoms with Crippen LogP contribution in [0.2, 0.25) is 0 Å². The van der Waals surface area contributed by atoms with Crippen LogP contribution in [0, 0.1) is 0 Å². The van der Waals surface area contributed by atoms with Crippen LogP contribution in [0.5, 0.6) is 11.5 Å². The number of methoxy groups -OCH3 is 1.